The average molecular weight is 401 g/mol. The molecule has 0 N–H and O–H groups in total. The molecule has 0 saturated carbocycles. The van der Waals surface area contributed by atoms with Crippen LogP contribution in [0.15, 0.2) is 12.1 Å². The summed E-state index contributed by atoms with van der Waals surface area (Å²) in [5, 5.41) is 20.3. The van der Waals surface area contributed by atoms with Gasteiger partial charge >= 0.3 is 152 Å². The third kappa shape index (κ3) is 3.74. The van der Waals surface area contributed by atoms with E-state index in [-0.39, 0.29) is 39.2 Å². The predicted octanol–water partition coefficient (Wildman–Crippen LogP) is 0.902. The van der Waals surface area contributed by atoms with E-state index in [0.717, 1.165) is 8.87 Å². The van der Waals surface area contributed by atoms with Crippen molar-refractivity contribution in [3.05, 3.63) is 32.1 Å². The Balaban J connectivity index is 2.73. The van der Waals surface area contributed by atoms with Crippen LogP contribution < -0.4 is 0 Å². The standard InChI is InChI=1S/C18H18N4O2Se/c1-21(2)15(23)7-13-17-11(9-19)5-6-12(10-20)18(17)14(25-13)8-16(24)22(3)4/h5-6H,7-8H2,1-4H3. The molecule has 0 aliphatic carbocycles. The van der Waals surface area contributed by atoms with E-state index in [4.69, 9.17) is 0 Å². The molecule has 7 heteroatoms. The van der Waals surface area contributed by atoms with Crippen molar-refractivity contribution in [2.24, 2.45) is 0 Å². The average Bonchev–Trinajstić information content (AvgIpc) is 2.92. The molecule has 1 aromatic heterocycles. The summed E-state index contributed by atoms with van der Waals surface area (Å²) in [5.41, 5.74) is 0.898. The molecular weight excluding hydrogens is 383 g/mol. The summed E-state index contributed by atoms with van der Waals surface area (Å²) in [6, 6.07) is 7.54. The second-order valence-electron chi connectivity index (χ2n) is 6.01. The molecule has 2 amide bonds. The number of hydrogen-bond acceptors (Lipinski definition) is 4. The monoisotopic (exact) mass is 402 g/mol. The quantitative estimate of drug-likeness (QED) is 0.713. The zero-order chi connectivity index (χ0) is 18.7. The van der Waals surface area contributed by atoms with Gasteiger partial charge in [-0.05, 0) is 0 Å². The maximum absolute atomic E-state index is 12.2. The molecule has 0 aliphatic heterocycles. The fraction of sp³-hybridized carbons (Fsp3) is 0.333. The normalized spacial score (nSPS) is 10.2. The van der Waals surface area contributed by atoms with Crippen LogP contribution in [0.4, 0.5) is 0 Å². The van der Waals surface area contributed by atoms with Crippen LogP contribution in [0.2, 0.25) is 0 Å². The first kappa shape index (κ1) is 18.7. The van der Waals surface area contributed by atoms with Gasteiger partial charge < -0.3 is 0 Å². The Kier molecular flexibility index (Phi) is 5.64. The Hall–Kier alpha value is -2.60. The van der Waals surface area contributed by atoms with Gasteiger partial charge in [0.05, 0.1) is 0 Å². The van der Waals surface area contributed by atoms with E-state index >= 15 is 0 Å². The van der Waals surface area contributed by atoms with Gasteiger partial charge in [-0.25, -0.2) is 0 Å². The van der Waals surface area contributed by atoms with Gasteiger partial charge in [0.2, 0.25) is 0 Å². The molecule has 0 fully saturated rings. The number of nitrogens with zero attached hydrogens (tertiary/aromatic N) is 4. The summed E-state index contributed by atoms with van der Waals surface area (Å²) in [7, 11) is 6.73. The summed E-state index contributed by atoms with van der Waals surface area (Å²) < 4.78 is 1.72. The Morgan fingerprint density at radius 3 is 1.52 bits per heavy atom. The number of hydrogen-bond donors (Lipinski definition) is 0. The molecule has 0 unspecified atom stereocenters. The number of fused-ring (bicyclic) bond motifs is 1. The van der Waals surface area contributed by atoms with E-state index in [9.17, 15) is 20.1 Å². The number of likely N-dealkylation sites (N-methyl/N-ethyl adjacent to an activating group) is 2. The van der Waals surface area contributed by atoms with E-state index in [1.54, 1.807) is 40.3 Å². The van der Waals surface area contributed by atoms with Crippen molar-refractivity contribution in [1.82, 2.24) is 9.80 Å². The molecule has 0 saturated heterocycles. The molecular formula is C18H18N4O2Se. The SMILES string of the molecule is CN(C)C(=O)Cc1[se]c(CC(=O)N(C)C)c2c(C#N)ccc(C#N)c12. The molecule has 1 aromatic carbocycles. The van der Waals surface area contributed by atoms with E-state index in [2.05, 4.69) is 12.1 Å². The van der Waals surface area contributed by atoms with Crippen LogP contribution in [0.25, 0.3) is 10.8 Å². The van der Waals surface area contributed by atoms with Gasteiger partial charge in [0.15, 0.2) is 0 Å². The minimum atomic E-state index is -0.238. The van der Waals surface area contributed by atoms with Crippen molar-refractivity contribution in [3.8, 4) is 12.1 Å². The molecule has 128 valence electrons. The van der Waals surface area contributed by atoms with Crippen LogP contribution in [0, 0.1) is 22.7 Å². The van der Waals surface area contributed by atoms with Gasteiger partial charge in [0.25, 0.3) is 0 Å². The fourth-order valence-corrected chi connectivity index (χ4v) is 5.22. The number of benzene rings is 1. The van der Waals surface area contributed by atoms with Crippen LogP contribution >= 0.6 is 0 Å². The van der Waals surface area contributed by atoms with Crippen LogP contribution in [-0.2, 0) is 22.4 Å². The van der Waals surface area contributed by atoms with Crippen molar-refractivity contribution in [2.45, 2.75) is 12.8 Å². The number of amides is 2. The van der Waals surface area contributed by atoms with E-state index in [1.807, 2.05) is 0 Å². The number of rotatable bonds is 4. The first-order valence-corrected chi connectivity index (χ1v) is 9.29. The fourth-order valence-electron chi connectivity index (χ4n) is 2.46. The Morgan fingerprint density at radius 2 is 1.24 bits per heavy atom. The molecule has 2 aromatic rings. The zero-order valence-corrected chi connectivity index (χ0v) is 16.3. The topological polar surface area (TPSA) is 88.2 Å². The summed E-state index contributed by atoms with van der Waals surface area (Å²) in [6.07, 6.45) is 0.395. The van der Waals surface area contributed by atoms with Crippen LogP contribution in [-0.4, -0.2) is 64.3 Å². The molecule has 0 aliphatic rings. The van der Waals surface area contributed by atoms with E-state index in [1.165, 1.54) is 9.80 Å². The summed E-state index contributed by atoms with van der Waals surface area (Å²) in [5.74, 6) is -0.122. The minimum absolute atomic E-state index is 0.0609. The maximum atomic E-state index is 12.2. The number of carbonyl (C=O) groups excluding carboxylic acids is 2. The van der Waals surface area contributed by atoms with Crippen molar-refractivity contribution in [1.29, 1.82) is 10.5 Å². The third-order valence-corrected chi connectivity index (χ3v) is 6.37. The molecule has 6 nitrogen and oxygen atoms in total. The number of nitriles is 2. The van der Waals surface area contributed by atoms with Crippen molar-refractivity contribution >= 4 is 37.1 Å². The molecule has 0 bridgehead atoms. The Morgan fingerprint density at radius 1 is 0.880 bits per heavy atom. The second kappa shape index (κ2) is 7.53. The number of carbonyl (C=O) groups is 2. The molecule has 0 spiro atoms. The molecule has 1 heterocycles. The van der Waals surface area contributed by atoms with Crippen molar-refractivity contribution in [2.75, 3.05) is 28.2 Å². The van der Waals surface area contributed by atoms with Crippen LogP contribution in [0.3, 0.4) is 0 Å². The van der Waals surface area contributed by atoms with Gasteiger partial charge in [0.1, 0.15) is 0 Å². The van der Waals surface area contributed by atoms with Gasteiger partial charge in [-0.2, -0.15) is 0 Å². The molecule has 25 heavy (non-hydrogen) atoms. The first-order chi connectivity index (χ1) is 11.8. The Bertz CT molecular complexity index is 855. The third-order valence-electron chi connectivity index (χ3n) is 3.87. The van der Waals surface area contributed by atoms with Crippen LogP contribution in [0.5, 0.6) is 0 Å². The van der Waals surface area contributed by atoms with E-state index in [0.29, 0.717) is 21.9 Å². The summed E-state index contributed by atoms with van der Waals surface area (Å²) in [4.78, 5) is 27.4. The van der Waals surface area contributed by atoms with Gasteiger partial charge in [-0.3, -0.25) is 0 Å². The Labute approximate surface area is 152 Å². The van der Waals surface area contributed by atoms with Crippen LogP contribution in [0.1, 0.15) is 20.0 Å². The predicted molar refractivity (Wildman–Crippen MR) is 95.1 cm³/mol. The summed E-state index contributed by atoms with van der Waals surface area (Å²) >= 11 is -0.238. The van der Waals surface area contributed by atoms with Crippen molar-refractivity contribution in [3.63, 3.8) is 0 Å². The van der Waals surface area contributed by atoms with Crippen molar-refractivity contribution < 1.29 is 9.59 Å². The molecule has 2 rings (SSSR count). The first-order valence-electron chi connectivity index (χ1n) is 7.57. The molecule has 0 atom stereocenters. The van der Waals surface area contributed by atoms with Gasteiger partial charge in [-0.1, -0.05) is 0 Å². The molecule has 0 radical (unpaired) electrons. The second-order valence-corrected chi connectivity index (χ2v) is 8.51. The zero-order valence-electron chi connectivity index (χ0n) is 14.6. The van der Waals surface area contributed by atoms with Gasteiger partial charge in [0, 0.05) is 0 Å². The summed E-state index contributed by atoms with van der Waals surface area (Å²) in [6.45, 7) is 0. The van der Waals surface area contributed by atoms with E-state index < -0.39 is 0 Å². The van der Waals surface area contributed by atoms with Gasteiger partial charge in [-0.15, -0.1) is 0 Å².